The van der Waals surface area contributed by atoms with Gasteiger partial charge in [0.05, 0.1) is 5.69 Å². The SMILES string of the molecule is CC1(C)c2cc(-c3ccccc3)ccc2-c2ccc(N(c3cccc(-c4ccccc4)c3)c3cccc4c3C(C)(C)c3ccccc3-4)cc21. The van der Waals surface area contributed by atoms with E-state index < -0.39 is 0 Å². The summed E-state index contributed by atoms with van der Waals surface area (Å²) < 4.78 is 0. The van der Waals surface area contributed by atoms with Crippen molar-refractivity contribution in [3.05, 3.63) is 186 Å². The summed E-state index contributed by atoms with van der Waals surface area (Å²) in [6, 6.07) is 60.4. The molecule has 0 spiro atoms. The van der Waals surface area contributed by atoms with E-state index >= 15 is 0 Å². The Labute approximate surface area is 290 Å². The smallest absolute Gasteiger partial charge is 0.0508 e. The molecule has 0 aromatic heterocycles. The summed E-state index contributed by atoms with van der Waals surface area (Å²) in [4.78, 5) is 2.51. The van der Waals surface area contributed by atoms with Gasteiger partial charge in [0.2, 0.25) is 0 Å². The van der Waals surface area contributed by atoms with Crippen LogP contribution in [-0.4, -0.2) is 0 Å². The average molecular weight is 630 g/mol. The molecule has 9 rings (SSSR count). The zero-order chi connectivity index (χ0) is 33.3. The number of fused-ring (bicyclic) bond motifs is 6. The maximum atomic E-state index is 2.51. The van der Waals surface area contributed by atoms with E-state index in [2.05, 4.69) is 196 Å². The second-order valence-corrected chi connectivity index (χ2v) is 14.6. The first-order valence-corrected chi connectivity index (χ1v) is 17.4. The first-order chi connectivity index (χ1) is 23.8. The Morgan fingerprint density at radius 2 is 0.878 bits per heavy atom. The van der Waals surface area contributed by atoms with Crippen LogP contribution in [0.5, 0.6) is 0 Å². The van der Waals surface area contributed by atoms with Crippen molar-refractivity contribution in [1.82, 2.24) is 0 Å². The Morgan fingerprint density at radius 1 is 0.347 bits per heavy atom. The van der Waals surface area contributed by atoms with Crippen molar-refractivity contribution in [3.8, 4) is 44.5 Å². The molecule has 0 atom stereocenters. The Morgan fingerprint density at radius 3 is 1.61 bits per heavy atom. The molecule has 49 heavy (non-hydrogen) atoms. The zero-order valence-corrected chi connectivity index (χ0v) is 28.5. The minimum absolute atomic E-state index is 0.155. The lowest BCUT2D eigenvalue weighted by atomic mass is 9.80. The summed E-state index contributed by atoms with van der Waals surface area (Å²) in [6.45, 7) is 9.53. The Hall–Kier alpha value is -5.66. The molecule has 7 aromatic rings. The minimum atomic E-state index is -0.156. The summed E-state index contributed by atoms with van der Waals surface area (Å²) in [7, 11) is 0. The molecule has 2 aliphatic rings. The zero-order valence-electron chi connectivity index (χ0n) is 28.5. The van der Waals surface area contributed by atoms with Gasteiger partial charge in [-0.15, -0.1) is 0 Å². The van der Waals surface area contributed by atoms with E-state index in [9.17, 15) is 0 Å². The first-order valence-electron chi connectivity index (χ1n) is 17.4. The molecule has 0 N–H and O–H groups in total. The van der Waals surface area contributed by atoms with Gasteiger partial charge >= 0.3 is 0 Å². The van der Waals surface area contributed by atoms with E-state index in [4.69, 9.17) is 0 Å². The molecule has 0 aliphatic heterocycles. The van der Waals surface area contributed by atoms with Crippen molar-refractivity contribution < 1.29 is 0 Å². The molecule has 0 radical (unpaired) electrons. The van der Waals surface area contributed by atoms with Gasteiger partial charge in [-0.25, -0.2) is 0 Å². The molecular formula is C48H39N. The quantitative estimate of drug-likeness (QED) is 0.183. The van der Waals surface area contributed by atoms with Crippen molar-refractivity contribution in [2.75, 3.05) is 4.90 Å². The third kappa shape index (κ3) is 4.53. The number of nitrogens with zero attached hydrogens (tertiary/aromatic N) is 1. The van der Waals surface area contributed by atoms with Crippen LogP contribution in [0.2, 0.25) is 0 Å². The summed E-state index contributed by atoms with van der Waals surface area (Å²) >= 11 is 0. The van der Waals surface area contributed by atoms with Crippen molar-refractivity contribution in [2.24, 2.45) is 0 Å². The second kappa shape index (κ2) is 10.9. The van der Waals surface area contributed by atoms with Gasteiger partial charge in [0.25, 0.3) is 0 Å². The summed E-state index contributed by atoms with van der Waals surface area (Å²) in [5.74, 6) is 0. The highest BCUT2D eigenvalue weighted by atomic mass is 15.1. The van der Waals surface area contributed by atoms with Gasteiger partial charge in [-0.3, -0.25) is 0 Å². The average Bonchev–Trinajstić information content (AvgIpc) is 3.52. The van der Waals surface area contributed by atoms with Gasteiger partial charge in [-0.2, -0.15) is 0 Å². The van der Waals surface area contributed by atoms with Crippen molar-refractivity contribution in [2.45, 2.75) is 38.5 Å². The predicted octanol–water partition coefficient (Wildman–Crippen LogP) is 13.1. The number of benzene rings is 7. The second-order valence-electron chi connectivity index (χ2n) is 14.6. The van der Waals surface area contributed by atoms with E-state index in [0.29, 0.717) is 0 Å². The Kier molecular flexibility index (Phi) is 6.58. The molecule has 7 aromatic carbocycles. The maximum absolute atomic E-state index is 2.51. The molecule has 0 unspecified atom stereocenters. The largest absolute Gasteiger partial charge is 0.310 e. The number of anilines is 3. The normalized spacial score (nSPS) is 14.4. The van der Waals surface area contributed by atoms with Crippen molar-refractivity contribution >= 4 is 17.1 Å². The highest BCUT2D eigenvalue weighted by Crippen LogP contribution is 2.56. The van der Waals surface area contributed by atoms with Crippen LogP contribution in [0, 0.1) is 0 Å². The van der Waals surface area contributed by atoms with Gasteiger partial charge in [0, 0.05) is 22.2 Å². The molecular weight excluding hydrogens is 591 g/mol. The number of rotatable bonds is 5. The molecule has 1 nitrogen and oxygen atoms in total. The van der Waals surface area contributed by atoms with Crippen LogP contribution < -0.4 is 4.90 Å². The fraction of sp³-hybridized carbons (Fsp3) is 0.125. The standard InChI is InChI=1S/C48H39N/c1-47(2)43-30-35(33-17-9-6-10-18-33)25-27-39(43)40-28-26-37(31-44(40)47)49(36-20-13-19-34(29-36)32-15-7-5-8-16-32)45-24-14-22-41-38-21-11-12-23-42(38)48(3,4)46(41)45/h5-31H,1-4H3. The monoisotopic (exact) mass is 629 g/mol. The van der Waals surface area contributed by atoms with Crippen LogP contribution in [0.4, 0.5) is 17.1 Å². The Bertz CT molecular complexity index is 2380. The summed E-state index contributed by atoms with van der Waals surface area (Å²) in [5.41, 5.74) is 19.0. The molecule has 0 bridgehead atoms. The lowest BCUT2D eigenvalue weighted by Crippen LogP contribution is -2.21. The van der Waals surface area contributed by atoms with Crippen molar-refractivity contribution in [3.63, 3.8) is 0 Å². The van der Waals surface area contributed by atoms with E-state index in [0.717, 1.165) is 5.69 Å². The third-order valence-corrected chi connectivity index (χ3v) is 11.0. The maximum Gasteiger partial charge on any atom is 0.0508 e. The molecule has 0 heterocycles. The molecule has 0 fully saturated rings. The topological polar surface area (TPSA) is 3.24 Å². The molecule has 0 amide bonds. The van der Waals surface area contributed by atoms with E-state index in [1.807, 2.05) is 0 Å². The van der Waals surface area contributed by atoms with Crippen molar-refractivity contribution in [1.29, 1.82) is 0 Å². The fourth-order valence-electron chi connectivity index (χ4n) is 8.56. The highest BCUT2D eigenvalue weighted by molar-refractivity contribution is 5.93. The number of hydrogen-bond acceptors (Lipinski definition) is 1. The van der Waals surface area contributed by atoms with Gasteiger partial charge in [0.15, 0.2) is 0 Å². The van der Waals surface area contributed by atoms with Crippen LogP contribution >= 0.6 is 0 Å². The molecule has 1 heteroatoms. The number of hydrogen-bond donors (Lipinski definition) is 0. The molecule has 2 aliphatic carbocycles. The van der Waals surface area contributed by atoms with Gasteiger partial charge in [0.1, 0.15) is 0 Å². The van der Waals surface area contributed by atoms with E-state index in [1.165, 1.54) is 78.1 Å². The van der Waals surface area contributed by atoms with Gasteiger partial charge in [-0.1, -0.05) is 155 Å². The van der Waals surface area contributed by atoms with Crippen LogP contribution in [0.1, 0.15) is 49.9 Å². The van der Waals surface area contributed by atoms with Gasteiger partial charge in [-0.05, 0) is 103 Å². The summed E-state index contributed by atoms with van der Waals surface area (Å²) in [5, 5.41) is 0. The lowest BCUT2D eigenvalue weighted by molar-refractivity contribution is 0.659. The van der Waals surface area contributed by atoms with E-state index in [-0.39, 0.29) is 10.8 Å². The third-order valence-electron chi connectivity index (χ3n) is 11.0. The predicted molar refractivity (Wildman–Crippen MR) is 207 cm³/mol. The molecule has 236 valence electrons. The van der Waals surface area contributed by atoms with E-state index in [1.54, 1.807) is 0 Å². The first kappa shape index (κ1) is 29.5. The van der Waals surface area contributed by atoms with Crippen LogP contribution in [0.3, 0.4) is 0 Å². The lowest BCUT2D eigenvalue weighted by Gasteiger charge is -2.33. The Balaban J connectivity index is 1.24. The highest BCUT2D eigenvalue weighted by Gasteiger charge is 2.40. The minimum Gasteiger partial charge on any atom is -0.310 e. The van der Waals surface area contributed by atoms with Crippen LogP contribution in [0.25, 0.3) is 44.5 Å². The van der Waals surface area contributed by atoms with Gasteiger partial charge < -0.3 is 4.90 Å². The molecule has 0 saturated carbocycles. The van der Waals surface area contributed by atoms with Crippen LogP contribution in [0.15, 0.2) is 164 Å². The van der Waals surface area contributed by atoms with Crippen LogP contribution in [-0.2, 0) is 10.8 Å². The fourth-order valence-corrected chi connectivity index (χ4v) is 8.56. The molecule has 0 saturated heterocycles. The summed E-state index contributed by atoms with van der Waals surface area (Å²) in [6.07, 6.45) is 0.